The summed E-state index contributed by atoms with van der Waals surface area (Å²) < 4.78 is 27.5. The Balaban J connectivity index is 1.85. The molecule has 0 bridgehead atoms. The van der Waals surface area contributed by atoms with Gasteiger partial charge in [-0.2, -0.15) is 0 Å². The summed E-state index contributed by atoms with van der Waals surface area (Å²) >= 11 is 0. The van der Waals surface area contributed by atoms with Gasteiger partial charge in [-0.3, -0.25) is 9.10 Å². The van der Waals surface area contributed by atoms with E-state index in [1.165, 1.54) is 17.7 Å². The highest BCUT2D eigenvalue weighted by atomic mass is 32.2. The van der Waals surface area contributed by atoms with Crippen LogP contribution in [-0.4, -0.2) is 20.9 Å². The van der Waals surface area contributed by atoms with E-state index >= 15 is 0 Å². The SMILES string of the molecule is CC(C)c1ccc(NC(=O)CN(c2ccccc2)S(=O)(=O)c2ccccc2)cc1. The van der Waals surface area contributed by atoms with Gasteiger partial charge in [-0.05, 0) is 47.9 Å². The summed E-state index contributed by atoms with van der Waals surface area (Å²) in [5.74, 6) is -0.0185. The second-order valence-electron chi connectivity index (χ2n) is 6.99. The number of rotatable bonds is 7. The summed E-state index contributed by atoms with van der Waals surface area (Å²) in [5.41, 5.74) is 2.23. The summed E-state index contributed by atoms with van der Waals surface area (Å²) in [6, 6.07) is 24.3. The van der Waals surface area contributed by atoms with Crippen LogP contribution in [0.5, 0.6) is 0 Å². The molecule has 0 saturated heterocycles. The van der Waals surface area contributed by atoms with E-state index in [0.717, 1.165) is 4.31 Å². The van der Waals surface area contributed by atoms with Gasteiger partial charge in [0, 0.05) is 5.69 Å². The van der Waals surface area contributed by atoms with Gasteiger partial charge in [-0.15, -0.1) is 0 Å². The lowest BCUT2D eigenvalue weighted by Crippen LogP contribution is -2.38. The van der Waals surface area contributed by atoms with Crippen molar-refractivity contribution < 1.29 is 13.2 Å². The summed E-state index contributed by atoms with van der Waals surface area (Å²) in [5, 5.41) is 2.79. The molecule has 0 heterocycles. The van der Waals surface area contributed by atoms with Gasteiger partial charge in [0.1, 0.15) is 6.54 Å². The van der Waals surface area contributed by atoms with Crippen LogP contribution in [0.4, 0.5) is 11.4 Å². The van der Waals surface area contributed by atoms with Crippen molar-refractivity contribution in [2.45, 2.75) is 24.7 Å². The zero-order chi connectivity index (χ0) is 20.9. The van der Waals surface area contributed by atoms with Crippen LogP contribution in [0, 0.1) is 0 Å². The average molecular weight is 409 g/mol. The van der Waals surface area contributed by atoms with Gasteiger partial charge >= 0.3 is 0 Å². The molecule has 0 aliphatic carbocycles. The van der Waals surface area contributed by atoms with Gasteiger partial charge in [-0.1, -0.05) is 62.4 Å². The number of hydrogen-bond acceptors (Lipinski definition) is 3. The van der Waals surface area contributed by atoms with Gasteiger partial charge in [0.15, 0.2) is 0 Å². The molecule has 0 unspecified atom stereocenters. The van der Waals surface area contributed by atoms with E-state index in [4.69, 9.17) is 0 Å². The van der Waals surface area contributed by atoms with E-state index in [1.807, 2.05) is 24.3 Å². The molecule has 0 spiro atoms. The van der Waals surface area contributed by atoms with E-state index in [0.29, 0.717) is 17.3 Å². The lowest BCUT2D eigenvalue weighted by molar-refractivity contribution is -0.114. The highest BCUT2D eigenvalue weighted by molar-refractivity contribution is 7.92. The minimum absolute atomic E-state index is 0.137. The van der Waals surface area contributed by atoms with Gasteiger partial charge in [0.05, 0.1) is 10.6 Å². The van der Waals surface area contributed by atoms with Crippen LogP contribution in [-0.2, 0) is 14.8 Å². The standard InChI is InChI=1S/C23H24N2O3S/c1-18(2)19-13-15-20(16-14-19)24-23(26)17-25(21-9-5-3-6-10-21)29(27,28)22-11-7-4-8-12-22/h3-16,18H,17H2,1-2H3,(H,24,26). The molecule has 3 aromatic rings. The maximum absolute atomic E-state index is 13.2. The van der Waals surface area contributed by atoms with E-state index in [2.05, 4.69) is 19.2 Å². The van der Waals surface area contributed by atoms with Crippen molar-refractivity contribution in [3.63, 3.8) is 0 Å². The number of carbonyl (C=O) groups excluding carboxylic acids is 1. The number of anilines is 2. The van der Waals surface area contributed by atoms with Crippen LogP contribution in [0.3, 0.4) is 0 Å². The summed E-state index contributed by atoms with van der Waals surface area (Å²) in [6.07, 6.45) is 0. The third kappa shape index (κ3) is 5.03. The van der Waals surface area contributed by atoms with Crippen LogP contribution in [0.15, 0.2) is 89.8 Å². The molecular formula is C23H24N2O3S. The van der Waals surface area contributed by atoms with Crippen LogP contribution < -0.4 is 9.62 Å². The first-order valence-corrected chi connectivity index (χ1v) is 10.8. The molecule has 0 aliphatic heterocycles. The van der Waals surface area contributed by atoms with Gasteiger partial charge in [-0.25, -0.2) is 8.42 Å². The summed E-state index contributed by atoms with van der Waals surface area (Å²) in [6.45, 7) is 3.87. The number of nitrogens with zero attached hydrogens (tertiary/aromatic N) is 1. The van der Waals surface area contributed by atoms with Gasteiger partial charge < -0.3 is 5.32 Å². The number of amides is 1. The van der Waals surface area contributed by atoms with Crippen molar-refractivity contribution in [2.75, 3.05) is 16.2 Å². The zero-order valence-corrected chi connectivity index (χ0v) is 17.3. The first-order chi connectivity index (χ1) is 13.9. The van der Waals surface area contributed by atoms with E-state index < -0.39 is 15.9 Å². The number of hydrogen-bond donors (Lipinski definition) is 1. The first-order valence-electron chi connectivity index (χ1n) is 9.40. The lowest BCUT2D eigenvalue weighted by atomic mass is 10.0. The molecule has 0 atom stereocenters. The molecule has 0 saturated carbocycles. The third-order valence-electron chi connectivity index (χ3n) is 4.52. The number of nitrogens with one attached hydrogen (secondary N) is 1. The molecule has 1 N–H and O–H groups in total. The monoisotopic (exact) mass is 408 g/mol. The fourth-order valence-electron chi connectivity index (χ4n) is 2.91. The highest BCUT2D eigenvalue weighted by Crippen LogP contribution is 2.23. The Morgan fingerprint density at radius 2 is 1.41 bits per heavy atom. The molecule has 5 nitrogen and oxygen atoms in total. The molecule has 3 rings (SSSR count). The van der Waals surface area contributed by atoms with E-state index in [9.17, 15) is 13.2 Å². The van der Waals surface area contributed by atoms with Crippen LogP contribution in [0.1, 0.15) is 25.3 Å². The van der Waals surface area contributed by atoms with Gasteiger partial charge in [0.2, 0.25) is 5.91 Å². The molecule has 1 amide bonds. The molecule has 150 valence electrons. The summed E-state index contributed by atoms with van der Waals surface area (Å²) in [4.78, 5) is 12.8. The third-order valence-corrected chi connectivity index (χ3v) is 6.31. The Kier molecular flexibility index (Phi) is 6.34. The van der Waals surface area contributed by atoms with Crippen LogP contribution in [0.2, 0.25) is 0 Å². The van der Waals surface area contributed by atoms with Gasteiger partial charge in [0.25, 0.3) is 10.0 Å². The van der Waals surface area contributed by atoms with Crippen molar-refractivity contribution in [2.24, 2.45) is 0 Å². The Labute approximate surface area is 172 Å². The topological polar surface area (TPSA) is 66.5 Å². The Bertz CT molecular complexity index is 1050. The van der Waals surface area contributed by atoms with Crippen LogP contribution >= 0.6 is 0 Å². The number of para-hydroxylation sites is 1. The second kappa shape index (κ2) is 8.92. The molecule has 0 aliphatic rings. The Morgan fingerprint density at radius 1 is 0.862 bits per heavy atom. The average Bonchev–Trinajstić information content (AvgIpc) is 2.73. The highest BCUT2D eigenvalue weighted by Gasteiger charge is 2.27. The number of benzene rings is 3. The van der Waals surface area contributed by atoms with E-state index in [1.54, 1.807) is 48.5 Å². The Hall–Kier alpha value is -3.12. The van der Waals surface area contributed by atoms with Crippen molar-refractivity contribution >= 4 is 27.3 Å². The smallest absolute Gasteiger partial charge is 0.264 e. The maximum Gasteiger partial charge on any atom is 0.264 e. The number of carbonyl (C=O) groups is 1. The predicted octanol–water partition coefficient (Wildman–Crippen LogP) is 4.64. The molecule has 6 heteroatoms. The van der Waals surface area contributed by atoms with Crippen molar-refractivity contribution in [3.05, 3.63) is 90.5 Å². The second-order valence-corrected chi connectivity index (χ2v) is 8.85. The minimum Gasteiger partial charge on any atom is -0.325 e. The Morgan fingerprint density at radius 3 is 1.97 bits per heavy atom. The lowest BCUT2D eigenvalue weighted by Gasteiger charge is -2.24. The molecule has 0 radical (unpaired) electrons. The summed E-state index contributed by atoms with van der Waals surface area (Å²) in [7, 11) is -3.89. The molecule has 29 heavy (non-hydrogen) atoms. The van der Waals surface area contributed by atoms with Crippen molar-refractivity contribution in [1.29, 1.82) is 0 Å². The van der Waals surface area contributed by atoms with Crippen molar-refractivity contribution in [3.8, 4) is 0 Å². The minimum atomic E-state index is -3.89. The molecule has 0 fully saturated rings. The molecule has 3 aromatic carbocycles. The fraction of sp³-hybridized carbons (Fsp3) is 0.174. The largest absolute Gasteiger partial charge is 0.325 e. The predicted molar refractivity (Wildman–Crippen MR) is 117 cm³/mol. The normalized spacial score (nSPS) is 11.3. The number of sulfonamides is 1. The van der Waals surface area contributed by atoms with E-state index in [-0.39, 0.29) is 11.4 Å². The quantitative estimate of drug-likeness (QED) is 0.619. The van der Waals surface area contributed by atoms with Crippen LogP contribution in [0.25, 0.3) is 0 Å². The fourth-order valence-corrected chi connectivity index (χ4v) is 4.35. The zero-order valence-electron chi connectivity index (χ0n) is 16.4. The maximum atomic E-state index is 13.2. The van der Waals surface area contributed by atoms with Crippen molar-refractivity contribution in [1.82, 2.24) is 0 Å². The molecule has 0 aromatic heterocycles. The first kappa shape index (κ1) is 20.6. The molecular weight excluding hydrogens is 384 g/mol.